The van der Waals surface area contributed by atoms with E-state index >= 15 is 0 Å². The predicted octanol–water partition coefficient (Wildman–Crippen LogP) is 13.0. The third kappa shape index (κ3) is 38.1. The Morgan fingerprint density at radius 2 is 0.880 bits per heavy atom. The maximum absolute atomic E-state index is 12.2. The molecule has 0 rings (SSSR count). The van der Waals surface area contributed by atoms with E-state index in [2.05, 4.69) is 86.8 Å². The second kappa shape index (κ2) is 40.8. The van der Waals surface area contributed by atoms with Crippen LogP contribution in [0, 0.1) is 0 Å². The maximum atomic E-state index is 12.2. The Kier molecular flexibility index (Phi) is 38.6. The Balaban J connectivity index is 3.65. The van der Waals surface area contributed by atoms with Crippen LogP contribution in [0.25, 0.3) is 0 Å². The van der Waals surface area contributed by atoms with Gasteiger partial charge >= 0.3 is 11.9 Å². The van der Waals surface area contributed by atoms with Crippen molar-refractivity contribution in [2.45, 2.75) is 187 Å². The summed E-state index contributed by atoms with van der Waals surface area (Å²) in [6.07, 6.45) is 54.0. The highest BCUT2D eigenvalue weighted by molar-refractivity contribution is 5.70. The van der Waals surface area contributed by atoms with Crippen LogP contribution in [0.2, 0.25) is 0 Å². The van der Waals surface area contributed by atoms with Crippen LogP contribution in [0.4, 0.5) is 0 Å². The molecule has 0 aliphatic heterocycles. The third-order valence-electron chi connectivity index (χ3n) is 8.48. The summed E-state index contributed by atoms with van der Waals surface area (Å²) in [5.74, 6) is -0.665. The number of allylic oxidation sites excluding steroid dienone is 12. The van der Waals surface area contributed by atoms with Gasteiger partial charge in [0, 0.05) is 12.8 Å². The molecule has 0 heterocycles. The molecule has 5 heteroatoms. The Bertz CT molecular complexity index is 926. The largest absolute Gasteiger partial charge is 0.462 e. The van der Waals surface area contributed by atoms with Gasteiger partial charge in [-0.3, -0.25) is 9.59 Å². The van der Waals surface area contributed by atoms with E-state index in [9.17, 15) is 14.7 Å². The number of carbonyl (C=O) groups excluding carboxylic acids is 2. The average Bonchev–Trinajstić information content (AvgIpc) is 3.12. The van der Waals surface area contributed by atoms with Gasteiger partial charge in [0.1, 0.15) is 6.61 Å². The van der Waals surface area contributed by atoms with E-state index in [4.69, 9.17) is 9.47 Å². The van der Waals surface area contributed by atoms with Gasteiger partial charge in [-0.15, -0.1) is 0 Å². The molecule has 0 aliphatic carbocycles. The van der Waals surface area contributed by atoms with Crippen LogP contribution in [0.3, 0.4) is 0 Å². The molecule has 0 aromatic carbocycles. The van der Waals surface area contributed by atoms with Crippen LogP contribution < -0.4 is 0 Å². The number of rotatable bonds is 36. The predicted molar refractivity (Wildman–Crippen MR) is 214 cm³/mol. The molecule has 0 aromatic heterocycles. The van der Waals surface area contributed by atoms with E-state index in [0.29, 0.717) is 12.8 Å². The molecule has 0 saturated carbocycles. The van der Waals surface area contributed by atoms with Gasteiger partial charge in [-0.05, 0) is 77.0 Å². The topological polar surface area (TPSA) is 72.8 Å². The summed E-state index contributed by atoms with van der Waals surface area (Å²) >= 11 is 0. The van der Waals surface area contributed by atoms with Crippen LogP contribution in [0.5, 0.6) is 0 Å². The van der Waals surface area contributed by atoms with Crippen molar-refractivity contribution >= 4 is 11.9 Å². The number of carbonyl (C=O) groups is 2. The normalized spacial score (nSPS) is 12.9. The van der Waals surface area contributed by atoms with Crippen molar-refractivity contribution in [1.82, 2.24) is 0 Å². The molecule has 0 saturated heterocycles. The summed E-state index contributed by atoms with van der Waals surface area (Å²) in [6.45, 7) is 3.96. The van der Waals surface area contributed by atoms with Crippen molar-refractivity contribution < 1.29 is 24.2 Å². The SMILES string of the molecule is CC/C=C\C/C=C\C/C=C\C/C=C\C/C=C\CCCC(=O)O[C@@H](CO)COC(=O)CCCCCCCCCCC/C=C\CCCCCCCC. The second-order valence-electron chi connectivity index (χ2n) is 13.3. The van der Waals surface area contributed by atoms with E-state index < -0.39 is 6.10 Å². The van der Waals surface area contributed by atoms with Crippen molar-refractivity contribution in [3.8, 4) is 0 Å². The van der Waals surface area contributed by atoms with Crippen LogP contribution in [-0.2, 0) is 19.1 Å². The lowest BCUT2D eigenvalue weighted by Crippen LogP contribution is -2.28. The lowest BCUT2D eigenvalue weighted by Gasteiger charge is -2.15. The Morgan fingerprint density at radius 1 is 0.480 bits per heavy atom. The molecule has 0 bridgehead atoms. The number of aliphatic hydroxyl groups excluding tert-OH is 1. The highest BCUT2D eigenvalue weighted by Crippen LogP contribution is 2.13. The van der Waals surface area contributed by atoms with Gasteiger partial charge in [0.15, 0.2) is 6.10 Å². The van der Waals surface area contributed by atoms with E-state index in [0.717, 1.165) is 57.8 Å². The molecule has 0 fully saturated rings. The highest BCUT2D eigenvalue weighted by atomic mass is 16.6. The monoisotopic (exact) mass is 697 g/mol. The Hall–Kier alpha value is -2.66. The first-order valence-corrected chi connectivity index (χ1v) is 20.5. The van der Waals surface area contributed by atoms with Gasteiger partial charge in [0.2, 0.25) is 0 Å². The molecule has 286 valence electrons. The van der Waals surface area contributed by atoms with Gasteiger partial charge in [0.25, 0.3) is 0 Å². The quantitative estimate of drug-likeness (QED) is 0.0401. The fourth-order valence-corrected chi connectivity index (χ4v) is 5.41. The first kappa shape index (κ1) is 47.3. The van der Waals surface area contributed by atoms with Crippen molar-refractivity contribution in [1.29, 1.82) is 0 Å². The summed E-state index contributed by atoms with van der Waals surface area (Å²) in [5.41, 5.74) is 0. The molecule has 1 N–H and O–H groups in total. The zero-order chi connectivity index (χ0) is 36.4. The third-order valence-corrected chi connectivity index (χ3v) is 8.48. The van der Waals surface area contributed by atoms with Crippen molar-refractivity contribution in [2.75, 3.05) is 13.2 Å². The molecule has 0 amide bonds. The molecule has 0 radical (unpaired) electrons. The van der Waals surface area contributed by atoms with Gasteiger partial charge in [-0.1, -0.05) is 164 Å². The minimum absolute atomic E-state index is 0.0925. The summed E-state index contributed by atoms with van der Waals surface area (Å²) in [5, 5.41) is 9.55. The fraction of sp³-hybridized carbons (Fsp3) is 0.689. The molecular formula is C45H76O5. The average molecular weight is 697 g/mol. The summed E-state index contributed by atoms with van der Waals surface area (Å²) < 4.78 is 10.6. The molecule has 0 aromatic rings. The minimum Gasteiger partial charge on any atom is -0.462 e. The number of unbranched alkanes of at least 4 members (excludes halogenated alkanes) is 16. The van der Waals surface area contributed by atoms with Gasteiger partial charge < -0.3 is 14.6 Å². The standard InChI is InChI=1S/C45H76O5/c1-3-5-7-9-11-13-15-17-19-21-22-24-25-27-29-31-33-35-37-39-44(47)49-42-43(41-46)50-45(48)40-38-36-34-32-30-28-26-23-20-18-16-14-12-10-8-6-4-2/h6,8,12,14,17-20,26,28,32,34,43,46H,3-5,7,9-11,13,15-16,21-25,27,29-31,33,35-42H2,1-2H3/b8-6-,14-12-,19-17-,20-18-,28-26-,34-32-/t43-/m0/s1. The zero-order valence-electron chi connectivity index (χ0n) is 32.4. The van der Waals surface area contributed by atoms with E-state index in [1.165, 1.54) is 89.9 Å². The van der Waals surface area contributed by atoms with Gasteiger partial charge in [0.05, 0.1) is 6.61 Å². The molecule has 0 aliphatic rings. The smallest absolute Gasteiger partial charge is 0.306 e. The first-order chi connectivity index (χ1) is 24.6. The zero-order valence-corrected chi connectivity index (χ0v) is 32.4. The van der Waals surface area contributed by atoms with E-state index in [1.54, 1.807) is 0 Å². The molecule has 0 unspecified atom stereocenters. The number of hydrogen-bond acceptors (Lipinski definition) is 5. The molecule has 5 nitrogen and oxygen atoms in total. The lowest BCUT2D eigenvalue weighted by atomic mass is 10.1. The number of hydrogen-bond donors (Lipinski definition) is 1. The van der Waals surface area contributed by atoms with Gasteiger partial charge in [-0.25, -0.2) is 0 Å². The minimum atomic E-state index is -0.804. The Labute approximate surface area is 308 Å². The second-order valence-corrected chi connectivity index (χ2v) is 13.3. The summed E-state index contributed by atoms with van der Waals surface area (Å²) in [6, 6.07) is 0. The molecular weight excluding hydrogens is 620 g/mol. The number of aliphatic hydroxyl groups is 1. The molecule has 50 heavy (non-hydrogen) atoms. The molecule has 0 spiro atoms. The van der Waals surface area contributed by atoms with Crippen LogP contribution in [0.1, 0.15) is 181 Å². The van der Waals surface area contributed by atoms with Crippen LogP contribution in [0.15, 0.2) is 72.9 Å². The van der Waals surface area contributed by atoms with Gasteiger partial charge in [-0.2, -0.15) is 0 Å². The number of esters is 2. The van der Waals surface area contributed by atoms with Crippen molar-refractivity contribution in [2.24, 2.45) is 0 Å². The van der Waals surface area contributed by atoms with Crippen molar-refractivity contribution in [3.63, 3.8) is 0 Å². The van der Waals surface area contributed by atoms with Crippen LogP contribution in [-0.4, -0.2) is 36.4 Å². The Morgan fingerprint density at radius 3 is 1.38 bits per heavy atom. The van der Waals surface area contributed by atoms with Crippen LogP contribution >= 0.6 is 0 Å². The number of ether oxygens (including phenoxy) is 2. The van der Waals surface area contributed by atoms with Crippen molar-refractivity contribution in [3.05, 3.63) is 72.9 Å². The highest BCUT2D eigenvalue weighted by Gasteiger charge is 2.15. The van der Waals surface area contributed by atoms with E-state index in [-0.39, 0.29) is 31.6 Å². The molecule has 1 atom stereocenters. The van der Waals surface area contributed by atoms with E-state index in [1.807, 2.05) is 0 Å². The summed E-state index contributed by atoms with van der Waals surface area (Å²) in [4.78, 5) is 24.3. The fourth-order valence-electron chi connectivity index (χ4n) is 5.41. The maximum Gasteiger partial charge on any atom is 0.306 e. The lowest BCUT2D eigenvalue weighted by molar-refractivity contribution is -0.161. The first-order valence-electron chi connectivity index (χ1n) is 20.5. The summed E-state index contributed by atoms with van der Waals surface area (Å²) in [7, 11) is 0.